The molecular formula is C12H21N3OS. The molecule has 1 aromatic rings. The minimum Gasteiger partial charge on any atom is -0.391 e. The molecular weight excluding hydrogens is 234 g/mol. The van der Waals surface area contributed by atoms with Gasteiger partial charge in [0.05, 0.1) is 6.61 Å². The zero-order chi connectivity index (χ0) is 13.1. The van der Waals surface area contributed by atoms with Gasteiger partial charge in [0, 0.05) is 17.8 Å². The predicted molar refractivity (Wildman–Crippen MR) is 72.3 cm³/mol. The fourth-order valence-corrected chi connectivity index (χ4v) is 1.49. The molecule has 0 aliphatic rings. The summed E-state index contributed by atoms with van der Waals surface area (Å²) in [5, 5.41) is 13.3. The standard InChI is InChI=1S/C12H21N3OS/c1-8(12(2,3)4)14-10-9(7-16)6-13-11(15-10)17-5/h6,8,16H,7H2,1-5H3,(H,13,14,15)/t8-/m0/s1. The van der Waals surface area contributed by atoms with Crippen molar-refractivity contribution in [1.29, 1.82) is 0 Å². The molecule has 0 aromatic carbocycles. The number of anilines is 1. The van der Waals surface area contributed by atoms with Crippen LogP contribution >= 0.6 is 11.8 Å². The molecule has 5 heteroatoms. The van der Waals surface area contributed by atoms with Gasteiger partial charge in [-0.1, -0.05) is 32.5 Å². The van der Waals surface area contributed by atoms with Gasteiger partial charge in [-0.25, -0.2) is 9.97 Å². The first kappa shape index (κ1) is 14.3. The van der Waals surface area contributed by atoms with Crippen LogP contribution in [0.2, 0.25) is 0 Å². The van der Waals surface area contributed by atoms with Gasteiger partial charge in [0.1, 0.15) is 5.82 Å². The van der Waals surface area contributed by atoms with Crippen molar-refractivity contribution in [3.05, 3.63) is 11.8 Å². The maximum atomic E-state index is 9.27. The quantitative estimate of drug-likeness (QED) is 0.639. The first-order valence-corrected chi connectivity index (χ1v) is 6.88. The monoisotopic (exact) mass is 255 g/mol. The Kier molecular flexibility index (Phi) is 4.77. The number of aromatic nitrogens is 2. The van der Waals surface area contributed by atoms with E-state index in [1.807, 2.05) is 6.26 Å². The Morgan fingerprint density at radius 1 is 1.47 bits per heavy atom. The molecule has 0 saturated heterocycles. The lowest BCUT2D eigenvalue weighted by atomic mass is 9.88. The molecule has 17 heavy (non-hydrogen) atoms. The molecule has 0 bridgehead atoms. The van der Waals surface area contributed by atoms with E-state index in [1.165, 1.54) is 11.8 Å². The predicted octanol–water partition coefficient (Wildman–Crippen LogP) is 2.54. The molecule has 0 saturated carbocycles. The van der Waals surface area contributed by atoms with Crippen molar-refractivity contribution in [3.63, 3.8) is 0 Å². The lowest BCUT2D eigenvalue weighted by Gasteiger charge is -2.29. The van der Waals surface area contributed by atoms with E-state index in [1.54, 1.807) is 6.20 Å². The number of hydrogen-bond acceptors (Lipinski definition) is 5. The Balaban J connectivity index is 2.95. The minimum absolute atomic E-state index is 0.0478. The van der Waals surface area contributed by atoms with Crippen LogP contribution in [0.1, 0.15) is 33.3 Å². The number of aliphatic hydroxyl groups excluding tert-OH is 1. The molecule has 2 N–H and O–H groups in total. The van der Waals surface area contributed by atoms with Crippen LogP contribution in [0.3, 0.4) is 0 Å². The fraction of sp³-hybridized carbons (Fsp3) is 0.667. The van der Waals surface area contributed by atoms with Crippen molar-refractivity contribution in [2.75, 3.05) is 11.6 Å². The topological polar surface area (TPSA) is 58.0 Å². The van der Waals surface area contributed by atoms with E-state index in [9.17, 15) is 5.11 Å². The van der Waals surface area contributed by atoms with E-state index in [0.29, 0.717) is 5.16 Å². The molecule has 0 aliphatic carbocycles. The normalized spacial score (nSPS) is 13.5. The fourth-order valence-electron chi connectivity index (χ4n) is 1.15. The van der Waals surface area contributed by atoms with E-state index in [4.69, 9.17) is 0 Å². The number of hydrogen-bond donors (Lipinski definition) is 2. The minimum atomic E-state index is -0.0478. The molecule has 1 rings (SSSR count). The maximum Gasteiger partial charge on any atom is 0.189 e. The lowest BCUT2D eigenvalue weighted by molar-refractivity contribution is 0.280. The second-order valence-corrected chi connectivity index (χ2v) is 5.89. The Morgan fingerprint density at radius 3 is 2.59 bits per heavy atom. The third kappa shape index (κ3) is 3.85. The van der Waals surface area contributed by atoms with Crippen LogP contribution in [0.15, 0.2) is 11.4 Å². The molecule has 0 amide bonds. The Bertz CT molecular complexity index is 377. The molecule has 1 atom stereocenters. The van der Waals surface area contributed by atoms with Crippen molar-refractivity contribution in [2.45, 2.75) is 45.5 Å². The summed E-state index contributed by atoms with van der Waals surface area (Å²) in [6.45, 7) is 8.57. The molecule has 1 aromatic heterocycles. The van der Waals surface area contributed by atoms with E-state index in [0.717, 1.165) is 11.4 Å². The van der Waals surface area contributed by atoms with Gasteiger partial charge in [-0.15, -0.1) is 0 Å². The van der Waals surface area contributed by atoms with Crippen molar-refractivity contribution in [2.24, 2.45) is 5.41 Å². The highest BCUT2D eigenvalue weighted by molar-refractivity contribution is 7.98. The van der Waals surface area contributed by atoms with Gasteiger partial charge in [-0.05, 0) is 18.6 Å². The van der Waals surface area contributed by atoms with E-state index < -0.39 is 0 Å². The van der Waals surface area contributed by atoms with Crippen molar-refractivity contribution < 1.29 is 5.11 Å². The molecule has 1 heterocycles. The van der Waals surface area contributed by atoms with Crippen molar-refractivity contribution in [1.82, 2.24) is 9.97 Å². The highest BCUT2D eigenvalue weighted by Crippen LogP contribution is 2.24. The Morgan fingerprint density at radius 2 is 2.12 bits per heavy atom. The summed E-state index contributed by atoms with van der Waals surface area (Å²) in [4.78, 5) is 8.55. The van der Waals surface area contributed by atoms with Crippen LogP contribution in [0.4, 0.5) is 5.82 Å². The van der Waals surface area contributed by atoms with E-state index >= 15 is 0 Å². The van der Waals surface area contributed by atoms with Crippen molar-refractivity contribution in [3.8, 4) is 0 Å². The zero-order valence-corrected chi connectivity index (χ0v) is 11.9. The molecule has 96 valence electrons. The molecule has 0 aliphatic heterocycles. The summed E-state index contributed by atoms with van der Waals surface area (Å²) >= 11 is 1.49. The van der Waals surface area contributed by atoms with Gasteiger partial charge < -0.3 is 10.4 Å². The highest BCUT2D eigenvalue weighted by atomic mass is 32.2. The summed E-state index contributed by atoms with van der Waals surface area (Å²) in [5.41, 5.74) is 0.871. The largest absolute Gasteiger partial charge is 0.391 e. The summed E-state index contributed by atoms with van der Waals surface area (Å²) in [5.74, 6) is 0.731. The SMILES string of the molecule is CSc1ncc(CO)c(N[C@@H](C)C(C)(C)C)n1. The van der Waals surface area contributed by atoms with Crippen molar-refractivity contribution >= 4 is 17.6 Å². The first-order valence-electron chi connectivity index (χ1n) is 5.65. The van der Waals surface area contributed by atoms with Gasteiger partial charge in [-0.2, -0.15) is 0 Å². The number of nitrogens with one attached hydrogen (secondary N) is 1. The summed E-state index contributed by atoms with van der Waals surface area (Å²) in [7, 11) is 0. The van der Waals surface area contributed by atoms with Gasteiger partial charge in [0.25, 0.3) is 0 Å². The van der Waals surface area contributed by atoms with Crippen LogP contribution in [-0.4, -0.2) is 27.4 Å². The third-order valence-corrected chi connectivity index (χ3v) is 3.41. The van der Waals surface area contributed by atoms with Gasteiger partial charge in [0.15, 0.2) is 5.16 Å². The average molecular weight is 255 g/mol. The number of aliphatic hydroxyl groups is 1. The summed E-state index contributed by atoms with van der Waals surface area (Å²) in [6, 6.07) is 0.261. The lowest BCUT2D eigenvalue weighted by Crippen LogP contribution is -2.31. The summed E-state index contributed by atoms with van der Waals surface area (Å²) < 4.78 is 0. The van der Waals surface area contributed by atoms with Crippen LogP contribution in [0.25, 0.3) is 0 Å². The first-order chi connectivity index (χ1) is 7.88. The van der Waals surface area contributed by atoms with Crippen LogP contribution < -0.4 is 5.32 Å². The second-order valence-electron chi connectivity index (χ2n) is 5.12. The number of nitrogens with zero attached hydrogens (tertiary/aromatic N) is 2. The molecule has 0 radical (unpaired) electrons. The second kappa shape index (κ2) is 5.69. The maximum absolute atomic E-state index is 9.27. The van der Waals surface area contributed by atoms with Gasteiger partial charge in [0.2, 0.25) is 0 Å². The van der Waals surface area contributed by atoms with Crippen LogP contribution in [-0.2, 0) is 6.61 Å². The van der Waals surface area contributed by atoms with E-state index in [-0.39, 0.29) is 18.1 Å². The Labute approximate surface area is 107 Å². The van der Waals surface area contributed by atoms with Crippen LogP contribution in [0, 0.1) is 5.41 Å². The number of thioether (sulfide) groups is 1. The van der Waals surface area contributed by atoms with Gasteiger partial charge in [-0.3, -0.25) is 0 Å². The molecule has 0 fully saturated rings. The van der Waals surface area contributed by atoms with Gasteiger partial charge >= 0.3 is 0 Å². The summed E-state index contributed by atoms with van der Waals surface area (Å²) in [6.07, 6.45) is 3.61. The number of rotatable bonds is 4. The average Bonchev–Trinajstić information content (AvgIpc) is 2.27. The zero-order valence-electron chi connectivity index (χ0n) is 11.1. The molecule has 4 nitrogen and oxygen atoms in total. The van der Waals surface area contributed by atoms with Crippen LogP contribution in [0.5, 0.6) is 0 Å². The Hall–Kier alpha value is -0.810. The van der Waals surface area contributed by atoms with E-state index in [2.05, 4.69) is 43.0 Å². The smallest absolute Gasteiger partial charge is 0.189 e. The molecule has 0 unspecified atom stereocenters. The third-order valence-electron chi connectivity index (χ3n) is 2.85. The highest BCUT2D eigenvalue weighted by Gasteiger charge is 2.21. The molecule has 0 spiro atoms.